The fourth-order valence-corrected chi connectivity index (χ4v) is 2.15. The van der Waals surface area contributed by atoms with Gasteiger partial charge in [0.2, 0.25) is 0 Å². The van der Waals surface area contributed by atoms with Crippen LogP contribution in [0, 0.1) is 8.99 Å². The second kappa shape index (κ2) is 6.38. The van der Waals surface area contributed by atoms with Gasteiger partial charge in [0.15, 0.2) is 0 Å². The minimum Gasteiger partial charge on any atom is -0.351 e. The summed E-state index contributed by atoms with van der Waals surface area (Å²) < 4.78 is 1.84. The number of carbonyl (C=O) groups excluding carboxylic acids is 1. The van der Waals surface area contributed by atoms with E-state index in [1.807, 2.05) is 32.0 Å². The summed E-state index contributed by atoms with van der Waals surface area (Å²) >= 11 is 11.4. The largest absolute Gasteiger partial charge is 0.351 e. The average Bonchev–Trinajstić information content (AvgIpc) is 2.29. The summed E-state index contributed by atoms with van der Waals surface area (Å²) in [7, 11) is 0. The zero-order valence-electron chi connectivity index (χ0n) is 9.69. The first-order valence-electron chi connectivity index (χ1n) is 5.15. The molecule has 2 nitrogen and oxygen atoms in total. The summed E-state index contributed by atoms with van der Waals surface area (Å²) in [5.74, 6) is 0.439. The van der Waals surface area contributed by atoms with Gasteiger partial charge in [-0.25, -0.2) is 0 Å². The summed E-state index contributed by atoms with van der Waals surface area (Å²) in [6.45, 7) is 4.60. The molecule has 1 amide bonds. The van der Waals surface area contributed by atoms with Gasteiger partial charge >= 0.3 is 0 Å². The number of amides is 1. The Morgan fingerprint density at radius 2 is 2.18 bits per heavy atom. The normalized spacial score (nSPS) is 11.4. The highest BCUT2D eigenvalue weighted by Gasteiger charge is 2.18. The third kappa shape index (κ3) is 4.75. The van der Waals surface area contributed by atoms with E-state index in [1.165, 1.54) is 0 Å². The van der Waals surface area contributed by atoms with Crippen molar-refractivity contribution in [2.75, 3.05) is 12.4 Å². The predicted molar refractivity (Wildman–Crippen MR) is 83.7 cm³/mol. The Morgan fingerprint density at radius 3 is 2.76 bits per heavy atom. The zero-order valence-corrected chi connectivity index (χ0v) is 14.2. The van der Waals surface area contributed by atoms with E-state index in [2.05, 4.69) is 43.8 Å². The van der Waals surface area contributed by atoms with E-state index in [-0.39, 0.29) is 11.3 Å². The van der Waals surface area contributed by atoms with Crippen molar-refractivity contribution in [2.24, 2.45) is 5.41 Å². The number of hydrogen-bond acceptors (Lipinski definition) is 1. The second-order valence-corrected chi connectivity index (χ2v) is 6.97. The minimum atomic E-state index is -0.0916. The molecule has 0 aromatic heterocycles. The third-order valence-corrected chi connectivity index (χ3v) is 4.35. The van der Waals surface area contributed by atoms with Gasteiger partial charge in [-0.3, -0.25) is 4.79 Å². The van der Waals surface area contributed by atoms with Crippen LogP contribution in [0.15, 0.2) is 22.7 Å². The van der Waals surface area contributed by atoms with Gasteiger partial charge in [0.25, 0.3) is 5.91 Å². The highest BCUT2D eigenvalue weighted by atomic mass is 127. The first kappa shape index (κ1) is 15.2. The van der Waals surface area contributed by atoms with Crippen molar-refractivity contribution in [3.05, 3.63) is 31.8 Å². The van der Waals surface area contributed by atoms with Gasteiger partial charge in [0.05, 0.1) is 5.56 Å². The molecule has 1 aromatic rings. The molecule has 0 fully saturated rings. The molecule has 0 unspecified atom stereocenters. The predicted octanol–water partition coefficient (Wildman–Crippen LogP) is 4.05. The average molecular weight is 431 g/mol. The Bertz CT molecular complexity index is 423. The molecule has 5 heteroatoms. The SMILES string of the molecule is CC(C)(CCl)CNC(=O)c1cc(I)ccc1Br. The molecule has 0 aliphatic carbocycles. The maximum Gasteiger partial charge on any atom is 0.252 e. The minimum absolute atomic E-state index is 0.0754. The lowest BCUT2D eigenvalue weighted by Crippen LogP contribution is -2.35. The molecule has 0 atom stereocenters. The second-order valence-electron chi connectivity index (χ2n) is 4.60. The van der Waals surface area contributed by atoms with Gasteiger partial charge in [-0.2, -0.15) is 0 Å². The van der Waals surface area contributed by atoms with E-state index >= 15 is 0 Å². The van der Waals surface area contributed by atoms with E-state index in [9.17, 15) is 4.79 Å². The van der Waals surface area contributed by atoms with Crippen LogP contribution in [-0.4, -0.2) is 18.3 Å². The molecule has 0 saturated heterocycles. The van der Waals surface area contributed by atoms with E-state index in [0.717, 1.165) is 8.04 Å². The Hall–Kier alpha value is 0.190. The van der Waals surface area contributed by atoms with Crippen LogP contribution in [0.2, 0.25) is 0 Å². The maximum absolute atomic E-state index is 12.0. The van der Waals surface area contributed by atoms with Crippen molar-refractivity contribution in [3.63, 3.8) is 0 Å². The molecule has 0 radical (unpaired) electrons. The number of benzene rings is 1. The molecule has 94 valence electrons. The Balaban J connectivity index is 2.74. The van der Waals surface area contributed by atoms with Crippen molar-refractivity contribution in [2.45, 2.75) is 13.8 Å². The van der Waals surface area contributed by atoms with Gasteiger partial charge in [-0.1, -0.05) is 13.8 Å². The molecule has 17 heavy (non-hydrogen) atoms. The van der Waals surface area contributed by atoms with Crippen LogP contribution in [0.4, 0.5) is 0 Å². The highest BCUT2D eigenvalue weighted by molar-refractivity contribution is 14.1. The van der Waals surface area contributed by atoms with Gasteiger partial charge in [0, 0.05) is 20.5 Å². The van der Waals surface area contributed by atoms with Crippen molar-refractivity contribution in [1.29, 1.82) is 0 Å². The maximum atomic E-state index is 12.0. The molecule has 1 aromatic carbocycles. The van der Waals surface area contributed by atoms with Crippen LogP contribution in [0.25, 0.3) is 0 Å². The lowest BCUT2D eigenvalue weighted by atomic mass is 9.96. The summed E-state index contributed by atoms with van der Waals surface area (Å²) in [6.07, 6.45) is 0. The number of carbonyl (C=O) groups is 1. The number of nitrogens with one attached hydrogen (secondary N) is 1. The topological polar surface area (TPSA) is 29.1 Å². The van der Waals surface area contributed by atoms with E-state index in [0.29, 0.717) is 18.0 Å². The molecule has 1 rings (SSSR count). The fraction of sp³-hybridized carbons (Fsp3) is 0.417. The smallest absolute Gasteiger partial charge is 0.252 e. The van der Waals surface area contributed by atoms with E-state index in [1.54, 1.807) is 0 Å². The molecule has 0 bridgehead atoms. The number of alkyl halides is 1. The van der Waals surface area contributed by atoms with Crippen LogP contribution in [0.5, 0.6) is 0 Å². The van der Waals surface area contributed by atoms with Crippen molar-refractivity contribution < 1.29 is 4.79 Å². The van der Waals surface area contributed by atoms with Crippen molar-refractivity contribution >= 4 is 56.0 Å². The van der Waals surface area contributed by atoms with Crippen LogP contribution in [-0.2, 0) is 0 Å². The van der Waals surface area contributed by atoms with Crippen LogP contribution in [0.1, 0.15) is 24.2 Å². The van der Waals surface area contributed by atoms with Crippen LogP contribution >= 0.6 is 50.1 Å². The molecule has 0 saturated carbocycles. The zero-order chi connectivity index (χ0) is 13.1. The lowest BCUT2D eigenvalue weighted by molar-refractivity contribution is 0.0939. The molecule has 0 heterocycles. The molecule has 0 aliphatic heterocycles. The fourth-order valence-electron chi connectivity index (χ4n) is 1.13. The quantitative estimate of drug-likeness (QED) is 0.567. The Labute approximate surface area is 129 Å². The van der Waals surface area contributed by atoms with Crippen molar-refractivity contribution in [1.82, 2.24) is 5.32 Å². The molecular formula is C12H14BrClINO. The van der Waals surface area contributed by atoms with Gasteiger partial charge in [0.1, 0.15) is 0 Å². The third-order valence-electron chi connectivity index (χ3n) is 2.26. The van der Waals surface area contributed by atoms with Crippen LogP contribution < -0.4 is 5.32 Å². The first-order chi connectivity index (χ1) is 7.85. The van der Waals surface area contributed by atoms with Gasteiger partial charge < -0.3 is 5.32 Å². The van der Waals surface area contributed by atoms with E-state index < -0.39 is 0 Å². The van der Waals surface area contributed by atoms with Crippen LogP contribution in [0.3, 0.4) is 0 Å². The summed E-state index contributed by atoms with van der Waals surface area (Å²) in [5.41, 5.74) is 0.563. The van der Waals surface area contributed by atoms with Gasteiger partial charge in [-0.05, 0) is 62.1 Å². The number of halogens is 3. The summed E-state index contributed by atoms with van der Waals surface area (Å²) in [4.78, 5) is 12.0. The lowest BCUT2D eigenvalue weighted by Gasteiger charge is -2.21. The Morgan fingerprint density at radius 1 is 1.53 bits per heavy atom. The highest BCUT2D eigenvalue weighted by Crippen LogP contribution is 2.20. The molecule has 0 spiro atoms. The first-order valence-corrected chi connectivity index (χ1v) is 7.55. The van der Waals surface area contributed by atoms with Gasteiger partial charge in [-0.15, -0.1) is 11.6 Å². The molecular weight excluding hydrogens is 416 g/mol. The molecule has 0 aliphatic rings. The van der Waals surface area contributed by atoms with E-state index in [4.69, 9.17) is 11.6 Å². The number of hydrogen-bond donors (Lipinski definition) is 1. The summed E-state index contributed by atoms with van der Waals surface area (Å²) in [6, 6.07) is 5.68. The molecule has 1 N–H and O–H groups in total. The number of rotatable bonds is 4. The Kier molecular flexibility index (Phi) is 5.73. The monoisotopic (exact) mass is 429 g/mol. The summed E-state index contributed by atoms with van der Waals surface area (Å²) in [5, 5.41) is 2.90. The standard InChI is InChI=1S/C12H14BrClINO/c1-12(2,6-14)7-16-11(17)9-5-8(15)3-4-10(9)13/h3-5H,6-7H2,1-2H3,(H,16,17). The van der Waals surface area contributed by atoms with Crippen molar-refractivity contribution in [3.8, 4) is 0 Å².